The maximum absolute atomic E-state index is 13.4. The third kappa shape index (κ3) is 5.06. The first-order valence-electron chi connectivity index (χ1n) is 11.8. The molecule has 2 aromatic carbocycles. The van der Waals surface area contributed by atoms with Crippen molar-refractivity contribution in [2.24, 2.45) is 5.92 Å². The summed E-state index contributed by atoms with van der Waals surface area (Å²) in [5.74, 6) is 0.488. The van der Waals surface area contributed by atoms with Gasteiger partial charge in [-0.05, 0) is 43.0 Å². The molecule has 4 rings (SSSR count). The van der Waals surface area contributed by atoms with E-state index in [9.17, 15) is 9.59 Å². The zero-order valence-corrected chi connectivity index (χ0v) is 19.0. The van der Waals surface area contributed by atoms with Crippen LogP contribution in [0.3, 0.4) is 0 Å². The third-order valence-electron chi connectivity index (χ3n) is 6.71. The highest BCUT2D eigenvalue weighted by Gasteiger charge is 2.29. The number of nitrogens with zero attached hydrogens (tertiary/aromatic N) is 3. The summed E-state index contributed by atoms with van der Waals surface area (Å²) in [5.41, 5.74) is 9.26. The van der Waals surface area contributed by atoms with Gasteiger partial charge >= 0.3 is 0 Å². The Kier molecular flexibility index (Phi) is 6.98. The van der Waals surface area contributed by atoms with E-state index >= 15 is 0 Å². The Balaban J connectivity index is 1.48. The van der Waals surface area contributed by atoms with Crippen LogP contribution in [0, 0.1) is 5.92 Å². The van der Waals surface area contributed by atoms with Crippen LogP contribution in [0.2, 0.25) is 0 Å². The van der Waals surface area contributed by atoms with Crippen LogP contribution in [0.1, 0.15) is 48.0 Å². The Morgan fingerprint density at radius 3 is 2.47 bits per heavy atom. The predicted octanol–water partition coefficient (Wildman–Crippen LogP) is 3.77. The first kappa shape index (κ1) is 22.2. The summed E-state index contributed by atoms with van der Waals surface area (Å²) in [7, 11) is 1.83. The Bertz CT molecular complexity index is 940. The fraction of sp³-hybridized carbons (Fsp3) is 0.462. The maximum Gasteiger partial charge on any atom is 0.256 e. The van der Waals surface area contributed by atoms with Crippen molar-refractivity contribution in [1.29, 1.82) is 0 Å². The van der Waals surface area contributed by atoms with Crippen LogP contribution in [0.5, 0.6) is 0 Å². The van der Waals surface area contributed by atoms with Gasteiger partial charge in [-0.15, -0.1) is 0 Å². The highest BCUT2D eigenvalue weighted by Crippen LogP contribution is 2.29. The summed E-state index contributed by atoms with van der Waals surface area (Å²) in [6.45, 7) is 3.58. The minimum absolute atomic E-state index is 0.0423. The number of amides is 2. The Morgan fingerprint density at radius 2 is 1.72 bits per heavy atom. The average molecular weight is 435 g/mol. The molecular formula is C26H34N4O2. The van der Waals surface area contributed by atoms with E-state index in [0.29, 0.717) is 30.2 Å². The fourth-order valence-corrected chi connectivity index (χ4v) is 4.95. The van der Waals surface area contributed by atoms with Crippen LogP contribution in [-0.4, -0.2) is 54.8 Å². The topological polar surface area (TPSA) is 69.9 Å². The highest BCUT2D eigenvalue weighted by atomic mass is 16.2. The van der Waals surface area contributed by atoms with E-state index < -0.39 is 0 Å². The smallest absolute Gasteiger partial charge is 0.256 e. The summed E-state index contributed by atoms with van der Waals surface area (Å²) in [6, 6.07) is 15.6. The Morgan fingerprint density at radius 1 is 0.969 bits per heavy atom. The molecule has 0 unspecified atom stereocenters. The molecule has 0 atom stereocenters. The van der Waals surface area contributed by atoms with E-state index in [4.69, 9.17) is 5.73 Å². The lowest BCUT2D eigenvalue weighted by atomic mass is 10.1. The average Bonchev–Trinajstić information content (AvgIpc) is 3.24. The van der Waals surface area contributed by atoms with Crippen molar-refractivity contribution in [3.05, 3.63) is 59.7 Å². The number of nitrogens with two attached hydrogens (primary N) is 1. The molecule has 2 amide bonds. The second kappa shape index (κ2) is 10.1. The second-order valence-corrected chi connectivity index (χ2v) is 9.07. The van der Waals surface area contributed by atoms with Gasteiger partial charge in [-0.1, -0.05) is 43.2 Å². The lowest BCUT2D eigenvalue weighted by Crippen LogP contribution is -2.38. The van der Waals surface area contributed by atoms with E-state index in [1.54, 1.807) is 11.0 Å². The monoisotopic (exact) mass is 434 g/mol. The largest absolute Gasteiger partial charge is 0.399 e. The molecule has 1 saturated heterocycles. The van der Waals surface area contributed by atoms with Gasteiger partial charge in [0, 0.05) is 57.1 Å². The van der Waals surface area contributed by atoms with Gasteiger partial charge in [0.05, 0.1) is 5.56 Å². The zero-order chi connectivity index (χ0) is 22.5. The predicted molar refractivity (Wildman–Crippen MR) is 128 cm³/mol. The highest BCUT2D eigenvalue weighted by molar-refractivity contribution is 6.00. The zero-order valence-electron chi connectivity index (χ0n) is 19.0. The van der Waals surface area contributed by atoms with Crippen LogP contribution in [0.15, 0.2) is 48.5 Å². The van der Waals surface area contributed by atoms with Crippen LogP contribution in [0.25, 0.3) is 0 Å². The minimum Gasteiger partial charge on any atom is -0.399 e. The number of anilines is 2. The summed E-state index contributed by atoms with van der Waals surface area (Å²) >= 11 is 0. The van der Waals surface area contributed by atoms with Crippen molar-refractivity contribution >= 4 is 23.2 Å². The SMILES string of the molecule is CN(Cc1ccccc1)C(=O)c1cc(N)ccc1N1CCCN(C(=O)C2CCCC2)CC1. The van der Waals surface area contributed by atoms with Gasteiger partial charge in [0.2, 0.25) is 5.91 Å². The lowest BCUT2D eigenvalue weighted by Gasteiger charge is -2.28. The molecule has 6 heteroatoms. The number of rotatable bonds is 5. The number of benzene rings is 2. The number of hydrogen-bond donors (Lipinski definition) is 1. The standard InChI is InChI=1S/C26H34N4O2/c1-28(19-20-8-3-2-4-9-20)26(32)23-18-22(27)12-13-24(23)29-14-7-15-30(17-16-29)25(31)21-10-5-6-11-21/h2-4,8-9,12-13,18,21H,5-7,10-11,14-17,19,27H2,1H3. The summed E-state index contributed by atoms with van der Waals surface area (Å²) in [4.78, 5) is 32.3. The Hall–Kier alpha value is -3.02. The maximum atomic E-state index is 13.4. The molecule has 6 nitrogen and oxygen atoms in total. The molecule has 1 aliphatic carbocycles. The summed E-state index contributed by atoms with van der Waals surface area (Å²) in [6.07, 6.45) is 5.30. The van der Waals surface area contributed by atoms with E-state index in [-0.39, 0.29) is 11.8 Å². The molecule has 170 valence electrons. The fourth-order valence-electron chi connectivity index (χ4n) is 4.95. The van der Waals surface area contributed by atoms with Crippen molar-refractivity contribution in [3.63, 3.8) is 0 Å². The first-order chi connectivity index (χ1) is 15.5. The van der Waals surface area contributed by atoms with Crippen LogP contribution in [-0.2, 0) is 11.3 Å². The molecule has 1 saturated carbocycles. The summed E-state index contributed by atoms with van der Waals surface area (Å²) in [5, 5.41) is 0. The second-order valence-electron chi connectivity index (χ2n) is 9.07. The van der Waals surface area contributed by atoms with Crippen LogP contribution < -0.4 is 10.6 Å². The van der Waals surface area contributed by atoms with E-state index in [1.165, 1.54) is 12.8 Å². The van der Waals surface area contributed by atoms with Crippen LogP contribution >= 0.6 is 0 Å². The van der Waals surface area contributed by atoms with Gasteiger partial charge in [-0.25, -0.2) is 0 Å². The van der Waals surface area contributed by atoms with Gasteiger partial charge in [0.25, 0.3) is 5.91 Å². The van der Waals surface area contributed by atoms with Crippen molar-refractivity contribution in [2.45, 2.75) is 38.6 Å². The number of carbonyl (C=O) groups is 2. The van der Waals surface area contributed by atoms with Gasteiger partial charge < -0.3 is 20.4 Å². The van der Waals surface area contributed by atoms with Gasteiger partial charge in [0.15, 0.2) is 0 Å². The van der Waals surface area contributed by atoms with Crippen molar-refractivity contribution in [2.75, 3.05) is 43.9 Å². The molecule has 2 aliphatic rings. The molecule has 0 radical (unpaired) electrons. The lowest BCUT2D eigenvalue weighted by molar-refractivity contribution is -0.135. The summed E-state index contributed by atoms with van der Waals surface area (Å²) < 4.78 is 0. The van der Waals surface area contributed by atoms with E-state index in [0.717, 1.165) is 50.1 Å². The molecule has 0 bridgehead atoms. The third-order valence-corrected chi connectivity index (χ3v) is 6.71. The van der Waals surface area contributed by atoms with Crippen molar-refractivity contribution in [3.8, 4) is 0 Å². The van der Waals surface area contributed by atoms with Crippen molar-refractivity contribution < 1.29 is 9.59 Å². The molecule has 2 N–H and O–H groups in total. The number of nitrogen functional groups attached to an aromatic ring is 1. The van der Waals surface area contributed by atoms with Gasteiger partial charge in [-0.3, -0.25) is 9.59 Å². The number of hydrogen-bond acceptors (Lipinski definition) is 4. The van der Waals surface area contributed by atoms with E-state index in [2.05, 4.69) is 4.90 Å². The minimum atomic E-state index is -0.0423. The van der Waals surface area contributed by atoms with Crippen molar-refractivity contribution in [1.82, 2.24) is 9.80 Å². The molecule has 1 heterocycles. The molecular weight excluding hydrogens is 400 g/mol. The molecule has 0 spiro atoms. The van der Waals surface area contributed by atoms with Gasteiger partial charge in [0.1, 0.15) is 0 Å². The molecule has 1 aliphatic heterocycles. The first-order valence-corrected chi connectivity index (χ1v) is 11.8. The van der Waals surface area contributed by atoms with Crippen LogP contribution in [0.4, 0.5) is 11.4 Å². The number of carbonyl (C=O) groups excluding carboxylic acids is 2. The molecule has 0 aromatic heterocycles. The molecule has 2 aromatic rings. The molecule has 2 fully saturated rings. The van der Waals surface area contributed by atoms with Gasteiger partial charge in [-0.2, -0.15) is 0 Å². The quantitative estimate of drug-likeness (QED) is 0.728. The Labute approximate surface area is 191 Å². The normalized spacial score (nSPS) is 17.3. The van der Waals surface area contributed by atoms with E-state index in [1.807, 2.05) is 54.4 Å². The molecule has 32 heavy (non-hydrogen) atoms.